The summed E-state index contributed by atoms with van der Waals surface area (Å²) in [5, 5.41) is 8.59. The monoisotopic (exact) mass is 138 g/mol. The lowest BCUT2D eigenvalue weighted by atomic mass is 10.4. The van der Waals surface area contributed by atoms with Gasteiger partial charge in [0.25, 0.3) is 0 Å². The van der Waals surface area contributed by atoms with Crippen molar-refractivity contribution in [1.82, 2.24) is 0 Å². The minimum atomic E-state index is 0.0896. The number of thiophene rings is 1. The molecule has 1 nitrogen and oxygen atoms in total. The fraction of sp³-hybridized carbons (Fsp3) is 0.143. The lowest BCUT2D eigenvalue weighted by Gasteiger charge is -1.80. The van der Waals surface area contributed by atoms with Crippen LogP contribution < -0.4 is 0 Å². The van der Waals surface area contributed by atoms with Crippen molar-refractivity contribution < 1.29 is 5.11 Å². The molecular weight excluding hydrogens is 132 g/mol. The summed E-state index contributed by atoms with van der Waals surface area (Å²) in [4.78, 5) is 1.79. The number of hydrogen-bond donors (Lipinski definition) is 1. The maximum absolute atomic E-state index is 8.59. The zero-order chi connectivity index (χ0) is 6.69. The Morgan fingerprint density at radius 3 is 2.78 bits per heavy atom. The van der Waals surface area contributed by atoms with Crippen molar-refractivity contribution in [1.29, 1.82) is 0 Å². The van der Waals surface area contributed by atoms with Crippen molar-refractivity contribution in [2.24, 2.45) is 0 Å². The van der Waals surface area contributed by atoms with Crippen LogP contribution in [0, 0.1) is 12.3 Å². The van der Waals surface area contributed by atoms with E-state index in [1.165, 1.54) is 11.3 Å². The van der Waals surface area contributed by atoms with Gasteiger partial charge in [-0.1, -0.05) is 5.92 Å². The van der Waals surface area contributed by atoms with Crippen molar-refractivity contribution in [3.05, 3.63) is 21.9 Å². The Morgan fingerprint density at radius 1 is 1.67 bits per heavy atom. The quantitative estimate of drug-likeness (QED) is 0.578. The van der Waals surface area contributed by atoms with Crippen LogP contribution in [0.25, 0.3) is 0 Å². The third kappa shape index (κ3) is 1.32. The van der Waals surface area contributed by atoms with Gasteiger partial charge in [0.15, 0.2) is 0 Å². The Morgan fingerprint density at radius 2 is 2.44 bits per heavy atom. The van der Waals surface area contributed by atoms with E-state index in [2.05, 4.69) is 5.92 Å². The Hall–Kier alpha value is -0.780. The molecule has 0 unspecified atom stereocenters. The van der Waals surface area contributed by atoms with Crippen LogP contribution in [0.4, 0.5) is 0 Å². The zero-order valence-corrected chi connectivity index (χ0v) is 5.61. The van der Waals surface area contributed by atoms with Crippen LogP contribution in [0.5, 0.6) is 0 Å². The van der Waals surface area contributed by atoms with Gasteiger partial charge < -0.3 is 5.11 Å². The van der Waals surface area contributed by atoms with E-state index in [1.54, 1.807) is 0 Å². The third-order valence-electron chi connectivity index (χ3n) is 0.960. The summed E-state index contributed by atoms with van der Waals surface area (Å²) in [6.45, 7) is 0.0896. The van der Waals surface area contributed by atoms with Crippen molar-refractivity contribution in [3.8, 4) is 12.3 Å². The molecule has 0 saturated carbocycles. The van der Waals surface area contributed by atoms with Gasteiger partial charge in [0.1, 0.15) is 0 Å². The van der Waals surface area contributed by atoms with Crippen molar-refractivity contribution in [2.45, 2.75) is 6.61 Å². The Kier molecular flexibility index (Phi) is 1.88. The van der Waals surface area contributed by atoms with Gasteiger partial charge in [0.2, 0.25) is 0 Å². The molecular formula is C7H6OS. The molecule has 0 aliphatic rings. The van der Waals surface area contributed by atoms with E-state index < -0.39 is 0 Å². The molecule has 9 heavy (non-hydrogen) atoms. The second-order valence-corrected chi connectivity index (χ2v) is 2.74. The van der Waals surface area contributed by atoms with E-state index in [1.807, 2.05) is 12.1 Å². The largest absolute Gasteiger partial charge is 0.391 e. The summed E-state index contributed by atoms with van der Waals surface area (Å²) < 4.78 is 0. The first-order chi connectivity index (χ1) is 4.36. The summed E-state index contributed by atoms with van der Waals surface area (Å²) in [6.07, 6.45) is 5.10. The Balaban J connectivity index is 2.90. The summed E-state index contributed by atoms with van der Waals surface area (Å²) >= 11 is 1.45. The van der Waals surface area contributed by atoms with E-state index in [9.17, 15) is 0 Å². The fourth-order valence-electron chi connectivity index (χ4n) is 0.540. The molecule has 0 aromatic carbocycles. The molecule has 0 fully saturated rings. The molecule has 1 N–H and O–H groups in total. The van der Waals surface area contributed by atoms with E-state index in [0.29, 0.717) is 0 Å². The molecule has 1 heterocycles. The molecule has 0 radical (unpaired) electrons. The molecule has 0 amide bonds. The first kappa shape index (κ1) is 6.34. The minimum absolute atomic E-state index is 0.0896. The minimum Gasteiger partial charge on any atom is -0.391 e. The average molecular weight is 138 g/mol. The highest BCUT2D eigenvalue weighted by atomic mass is 32.1. The number of terminal acetylenes is 1. The predicted molar refractivity (Wildman–Crippen MR) is 38.2 cm³/mol. The van der Waals surface area contributed by atoms with Crippen LogP contribution in [-0.2, 0) is 6.61 Å². The van der Waals surface area contributed by atoms with E-state index in [0.717, 1.165) is 9.75 Å². The van der Waals surface area contributed by atoms with Gasteiger partial charge in [-0.3, -0.25) is 0 Å². The van der Waals surface area contributed by atoms with Crippen molar-refractivity contribution in [2.75, 3.05) is 0 Å². The van der Waals surface area contributed by atoms with Gasteiger partial charge in [-0.2, -0.15) is 0 Å². The van der Waals surface area contributed by atoms with Crippen LogP contribution in [-0.4, -0.2) is 5.11 Å². The van der Waals surface area contributed by atoms with E-state index >= 15 is 0 Å². The maximum atomic E-state index is 8.59. The highest BCUT2D eigenvalue weighted by Crippen LogP contribution is 2.14. The molecule has 1 rings (SSSR count). The van der Waals surface area contributed by atoms with Gasteiger partial charge in [-0.25, -0.2) is 0 Å². The lowest BCUT2D eigenvalue weighted by Crippen LogP contribution is -1.69. The molecule has 2 heteroatoms. The van der Waals surface area contributed by atoms with Crippen LogP contribution in [0.2, 0.25) is 0 Å². The van der Waals surface area contributed by atoms with Crippen molar-refractivity contribution in [3.63, 3.8) is 0 Å². The average Bonchev–Trinajstić information content (AvgIpc) is 2.34. The van der Waals surface area contributed by atoms with Gasteiger partial charge in [0.05, 0.1) is 11.5 Å². The fourth-order valence-corrected chi connectivity index (χ4v) is 1.22. The van der Waals surface area contributed by atoms with E-state index in [-0.39, 0.29) is 6.61 Å². The summed E-state index contributed by atoms with van der Waals surface area (Å²) in [6, 6.07) is 3.66. The molecule has 0 aliphatic heterocycles. The van der Waals surface area contributed by atoms with Crippen LogP contribution in [0.3, 0.4) is 0 Å². The zero-order valence-electron chi connectivity index (χ0n) is 4.79. The second kappa shape index (κ2) is 2.67. The highest BCUT2D eigenvalue weighted by molar-refractivity contribution is 7.12. The molecule has 0 aliphatic carbocycles. The smallest absolute Gasteiger partial charge is 0.0774 e. The van der Waals surface area contributed by atoms with Crippen molar-refractivity contribution >= 4 is 11.3 Å². The molecule has 0 spiro atoms. The van der Waals surface area contributed by atoms with E-state index in [4.69, 9.17) is 11.5 Å². The maximum Gasteiger partial charge on any atom is 0.0774 e. The molecule has 46 valence electrons. The summed E-state index contributed by atoms with van der Waals surface area (Å²) in [5.41, 5.74) is 0. The van der Waals surface area contributed by atoms with Crippen LogP contribution >= 0.6 is 11.3 Å². The first-order valence-electron chi connectivity index (χ1n) is 2.53. The second-order valence-electron chi connectivity index (χ2n) is 1.57. The molecule has 0 saturated heterocycles. The highest BCUT2D eigenvalue weighted by Gasteiger charge is 1.92. The molecule has 0 bridgehead atoms. The number of aliphatic hydroxyl groups is 1. The van der Waals surface area contributed by atoms with Gasteiger partial charge in [0, 0.05) is 4.88 Å². The summed E-state index contributed by atoms with van der Waals surface area (Å²) in [5.74, 6) is 2.49. The van der Waals surface area contributed by atoms with Crippen LogP contribution in [0.1, 0.15) is 9.75 Å². The normalized spacial score (nSPS) is 8.89. The third-order valence-corrected chi connectivity index (χ3v) is 1.96. The molecule has 1 aromatic rings. The number of aliphatic hydroxyl groups excluding tert-OH is 1. The molecule has 1 aromatic heterocycles. The number of hydrogen-bond acceptors (Lipinski definition) is 2. The standard InChI is InChI=1S/C7H6OS/c1-2-6-3-4-7(5-8)9-6/h1,3-4,8H,5H2. The van der Waals surface area contributed by atoms with Gasteiger partial charge >= 0.3 is 0 Å². The lowest BCUT2D eigenvalue weighted by molar-refractivity contribution is 0.285. The van der Waals surface area contributed by atoms with Gasteiger partial charge in [-0.15, -0.1) is 17.8 Å². The Labute approximate surface area is 58.0 Å². The molecule has 0 atom stereocenters. The summed E-state index contributed by atoms with van der Waals surface area (Å²) in [7, 11) is 0. The van der Waals surface area contributed by atoms with Crippen LogP contribution in [0.15, 0.2) is 12.1 Å². The predicted octanol–water partition coefficient (Wildman–Crippen LogP) is 1.22. The SMILES string of the molecule is C#Cc1ccc(CO)s1. The Bertz CT molecular complexity index is 231. The number of rotatable bonds is 1. The first-order valence-corrected chi connectivity index (χ1v) is 3.34. The van der Waals surface area contributed by atoms with Gasteiger partial charge in [-0.05, 0) is 12.1 Å². The topological polar surface area (TPSA) is 20.2 Å².